The van der Waals surface area contributed by atoms with Gasteiger partial charge in [-0.3, -0.25) is 4.79 Å². The standard InChI is InChI=1S/C22H30N2O3S/c1-21(2,3)24(20(26)27)14-11-19(25)23-22(12-7-4-8-13-22)18-15-16-9-5-6-10-17(16)28-18/h5-6,9-10,15H,4,7-8,11-14H2,1-3H3,(H,23,25)(H,26,27). The Kier molecular flexibility index (Phi) is 5.98. The van der Waals surface area contributed by atoms with Gasteiger partial charge in [0.15, 0.2) is 0 Å². The number of carbonyl (C=O) groups is 2. The van der Waals surface area contributed by atoms with Crippen LogP contribution in [0.4, 0.5) is 4.79 Å². The van der Waals surface area contributed by atoms with Crippen molar-refractivity contribution in [1.29, 1.82) is 0 Å². The maximum atomic E-state index is 12.8. The van der Waals surface area contributed by atoms with Gasteiger partial charge in [0.2, 0.25) is 5.91 Å². The molecule has 1 aromatic carbocycles. The van der Waals surface area contributed by atoms with Crippen molar-refractivity contribution in [3.8, 4) is 0 Å². The third kappa shape index (κ3) is 4.49. The number of hydrogen-bond acceptors (Lipinski definition) is 3. The van der Waals surface area contributed by atoms with Crippen molar-refractivity contribution in [3.05, 3.63) is 35.2 Å². The summed E-state index contributed by atoms with van der Waals surface area (Å²) in [5, 5.41) is 14.0. The van der Waals surface area contributed by atoms with E-state index >= 15 is 0 Å². The summed E-state index contributed by atoms with van der Waals surface area (Å²) in [5.74, 6) is -0.0742. The lowest BCUT2D eigenvalue weighted by Gasteiger charge is -2.38. The molecule has 2 N–H and O–H groups in total. The number of hydrogen-bond donors (Lipinski definition) is 2. The highest BCUT2D eigenvalue weighted by Crippen LogP contribution is 2.42. The summed E-state index contributed by atoms with van der Waals surface area (Å²) in [6.45, 7) is 5.74. The van der Waals surface area contributed by atoms with Crippen molar-refractivity contribution in [1.82, 2.24) is 10.2 Å². The highest BCUT2D eigenvalue weighted by molar-refractivity contribution is 7.19. The van der Waals surface area contributed by atoms with Crippen LogP contribution in [0.1, 0.15) is 64.2 Å². The SMILES string of the molecule is CC(C)(C)N(CCC(=O)NC1(c2cc3ccccc3s2)CCCCC1)C(=O)O. The summed E-state index contributed by atoms with van der Waals surface area (Å²) in [6.07, 6.45) is 4.45. The zero-order chi connectivity index (χ0) is 20.4. The van der Waals surface area contributed by atoms with E-state index in [1.54, 1.807) is 11.3 Å². The Labute approximate surface area is 170 Å². The molecule has 2 amide bonds. The number of fused-ring (bicyclic) bond motifs is 1. The third-order valence-electron chi connectivity index (χ3n) is 5.59. The first-order chi connectivity index (χ1) is 13.2. The fourth-order valence-corrected chi connectivity index (χ4v) is 5.33. The lowest BCUT2D eigenvalue weighted by atomic mass is 9.80. The van der Waals surface area contributed by atoms with Gasteiger partial charge in [0.25, 0.3) is 0 Å². The second kappa shape index (κ2) is 8.11. The van der Waals surface area contributed by atoms with E-state index < -0.39 is 11.6 Å². The Bertz CT molecular complexity index is 814. The van der Waals surface area contributed by atoms with Crippen LogP contribution in [0.5, 0.6) is 0 Å². The van der Waals surface area contributed by atoms with Crippen LogP contribution in [0.25, 0.3) is 10.1 Å². The summed E-state index contributed by atoms with van der Waals surface area (Å²) >= 11 is 1.76. The van der Waals surface area contributed by atoms with Gasteiger partial charge in [-0.2, -0.15) is 0 Å². The second-order valence-electron chi connectivity index (χ2n) is 8.69. The van der Waals surface area contributed by atoms with E-state index in [1.165, 1.54) is 26.3 Å². The maximum absolute atomic E-state index is 12.8. The first kappa shape index (κ1) is 20.6. The first-order valence-electron chi connectivity index (χ1n) is 10.0. The number of amides is 2. The molecule has 0 aliphatic heterocycles. The highest BCUT2D eigenvalue weighted by Gasteiger charge is 2.37. The maximum Gasteiger partial charge on any atom is 0.407 e. The molecule has 3 rings (SSSR count). The van der Waals surface area contributed by atoms with Crippen molar-refractivity contribution in [2.75, 3.05) is 6.54 Å². The number of nitrogens with zero attached hydrogens (tertiary/aromatic N) is 1. The molecule has 0 saturated heterocycles. The molecule has 1 saturated carbocycles. The molecular formula is C22H30N2O3S. The van der Waals surface area contributed by atoms with Gasteiger partial charge in [0.1, 0.15) is 0 Å². The number of carbonyl (C=O) groups excluding carboxylic acids is 1. The predicted molar refractivity (Wildman–Crippen MR) is 114 cm³/mol. The average Bonchev–Trinajstić information content (AvgIpc) is 3.06. The van der Waals surface area contributed by atoms with Gasteiger partial charge in [-0.15, -0.1) is 11.3 Å². The van der Waals surface area contributed by atoms with E-state index in [0.717, 1.165) is 25.7 Å². The quantitative estimate of drug-likeness (QED) is 0.709. The zero-order valence-electron chi connectivity index (χ0n) is 17.0. The molecule has 0 spiro atoms. The molecule has 1 aromatic heterocycles. The Morgan fingerprint density at radius 3 is 2.46 bits per heavy atom. The summed E-state index contributed by atoms with van der Waals surface area (Å²) in [4.78, 5) is 26.9. The van der Waals surface area contributed by atoms with Crippen molar-refractivity contribution in [2.45, 2.75) is 70.4 Å². The highest BCUT2D eigenvalue weighted by atomic mass is 32.1. The van der Waals surface area contributed by atoms with Crippen LogP contribution in [0.3, 0.4) is 0 Å². The minimum Gasteiger partial charge on any atom is -0.465 e. The van der Waals surface area contributed by atoms with Crippen LogP contribution in [0.2, 0.25) is 0 Å². The van der Waals surface area contributed by atoms with Crippen LogP contribution in [-0.2, 0) is 10.3 Å². The predicted octanol–water partition coefficient (Wildman–Crippen LogP) is 5.35. The summed E-state index contributed by atoms with van der Waals surface area (Å²) < 4.78 is 1.24. The second-order valence-corrected chi connectivity index (χ2v) is 9.78. The van der Waals surface area contributed by atoms with Crippen molar-refractivity contribution in [2.24, 2.45) is 0 Å². The molecular weight excluding hydrogens is 372 g/mol. The fourth-order valence-electron chi connectivity index (χ4n) is 4.07. The van der Waals surface area contributed by atoms with Crippen molar-refractivity contribution >= 4 is 33.4 Å². The first-order valence-corrected chi connectivity index (χ1v) is 10.8. The third-order valence-corrected chi connectivity index (χ3v) is 6.91. The number of benzene rings is 1. The van der Waals surface area contributed by atoms with Gasteiger partial charge in [-0.25, -0.2) is 4.79 Å². The largest absolute Gasteiger partial charge is 0.465 e. The van der Waals surface area contributed by atoms with Crippen LogP contribution in [0.15, 0.2) is 30.3 Å². The van der Waals surface area contributed by atoms with Crippen LogP contribution < -0.4 is 5.32 Å². The van der Waals surface area contributed by atoms with E-state index in [0.29, 0.717) is 0 Å². The fraction of sp³-hybridized carbons (Fsp3) is 0.545. The number of carboxylic acid groups (broad SMARTS) is 1. The smallest absolute Gasteiger partial charge is 0.407 e. The molecule has 0 bridgehead atoms. The Morgan fingerprint density at radius 2 is 1.86 bits per heavy atom. The molecule has 1 aliphatic carbocycles. The van der Waals surface area contributed by atoms with Gasteiger partial charge < -0.3 is 15.3 Å². The monoisotopic (exact) mass is 402 g/mol. The number of thiophene rings is 1. The molecule has 28 heavy (non-hydrogen) atoms. The molecule has 2 aromatic rings. The molecule has 0 unspecified atom stereocenters. The van der Waals surface area contributed by atoms with Gasteiger partial charge in [-0.1, -0.05) is 37.5 Å². The number of rotatable bonds is 5. The molecule has 1 aliphatic rings. The Hall–Kier alpha value is -2.08. The lowest BCUT2D eigenvalue weighted by molar-refractivity contribution is -0.124. The van der Waals surface area contributed by atoms with E-state index in [9.17, 15) is 14.7 Å². The Morgan fingerprint density at radius 1 is 1.18 bits per heavy atom. The zero-order valence-corrected chi connectivity index (χ0v) is 17.8. The molecule has 152 valence electrons. The van der Waals surface area contributed by atoms with Crippen LogP contribution >= 0.6 is 11.3 Å². The van der Waals surface area contributed by atoms with E-state index in [2.05, 4.69) is 23.5 Å². The van der Waals surface area contributed by atoms with Crippen molar-refractivity contribution in [3.63, 3.8) is 0 Å². The molecule has 6 heteroatoms. The van der Waals surface area contributed by atoms with Gasteiger partial charge in [0.05, 0.1) is 5.54 Å². The van der Waals surface area contributed by atoms with E-state index in [-0.39, 0.29) is 24.4 Å². The lowest BCUT2D eigenvalue weighted by Crippen LogP contribution is -2.49. The average molecular weight is 403 g/mol. The van der Waals surface area contributed by atoms with Gasteiger partial charge >= 0.3 is 6.09 Å². The summed E-state index contributed by atoms with van der Waals surface area (Å²) in [7, 11) is 0. The minimum atomic E-state index is -0.989. The molecule has 1 heterocycles. The topological polar surface area (TPSA) is 69.6 Å². The molecule has 0 atom stereocenters. The van der Waals surface area contributed by atoms with E-state index in [1.807, 2.05) is 32.9 Å². The van der Waals surface area contributed by atoms with Gasteiger partial charge in [-0.05, 0) is 51.1 Å². The summed E-state index contributed by atoms with van der Waals surface area (Å²) in [6, 6.07) is 10.5. The van der Waals surface area contributed by atoms with Crippen molar-refractivity contribution < 1.29 is 14.7 Å². The summed E-state index contributed by atoms with van der Waals surface area (Å²) in [5.41, 5.74) is -0.852. The molecule has 1 fully saturated rings. The van der Waals surface area contributed by atoms with E-state index in [4.69, 9.17) is 0 Å². The molecule has 5 nitrogen and oxygen atoms in total. The molecule has 0 radical (unpaired) electrons. The normalized spacial score (nSPS) is 16.7. The van der Waals surface area contributed by atoms with Crippen LogP contribution in [-0.4, -0.2) is 34.1 Å². The van der Waals surface area contributed by atoms with Crippen LogP contribution in [0, 0.1) is 0 Å². The number of nitrogens with one attached hydrogen (secondary N) is 1. The minimum absolute atomic E-state index is 0.0742. The Balaban J connectivity index is 1.77. The van der Waals surface area contributed by atoms with Gasteiger partial charge in [0, 0.05) is 28.1 Å².